The van der Waals surface area contributed by atoms with Gasteiger partial charge in [0, 0.05) is 26.2 Å². The lowest BCUT2D eigenvalue weighted by Gasteiger charge is -2.18. The number of hydrogen-bond donors (Lipinski definition) is 1. The van der Waals surface area contributed by atoms with E-state index in [0.717, 1.165) is 0 Å². The summed E-state index contributed by atoms with van der Waals surface area (Å²) in [4.78, 5) is 13.1. The summed E-state index contributed by atoms with van der Waals surface area (Å²) in [5, 5.41) is 3.05. The molecule has 0 aliphatic carbocycles. The summed E-state index contributed by atoms with van der Waals surface area (Å²) in [5.41, 5.74) is 0.455. The molecule has 1 unspecified atom stereocenters. The minimum atomic E-state index is -0.439. The van der Waals surface area contributed by atoms with E-state index >= 15 is 0 Å². The summed E-state index contributed by atoms with van der Waals surface area (Å²) in [7, 11) is 3.36. The summed E-state index contributed by atoms with van der Waals surface area (Å²) in [6, 6.07) is 4.46. The molecule has 0 saturated heterocycles. The molecule has 3 nitrogen and oxygen atoms in total. The quantitative estimate of drug-likeness (QED) is 0.897. The highest BCUT2D eigenvalue weighted by Gasteiger charge is 2.15. The lowest BCUT2D eigenvalue weighted by atomic mass is 10.2. The smallest absolute Gasteiger partial charge is 0.238 e. The van der Waals surface area contributed by atoms with Crippen LogP contribution >= 0.6 is 11.6 Å². The Morgan fingerprint density at radius 1 is 1.53 bits per heavy atom. The van der Waals surface area contributed by atoms with Crippen LogP contribution in [0.4, 0.5) is 4.39 Å². The molecule has 17 heavy (non-hydrogen) atoms. The first kappa shape index (κ1) is 13.9. The molecule has 5 heteroatoms. The number of benzene rings is 1. The number of nitrogens with zero attached hydrogens (tertiary/aromatic N) is 1. The molecular weight excluding hydrogens is 243 g/mol. The molecule has 0 spiro atoms. The second kappa shape index (κ2) is 5.98. The average Bonchev–Trinajstić information content (AvgIpc) is 2.29. The van der Waals surface area contributed by atoms with E-state index in [-0.39, 0.29) is 23.5 Å². The Kier molecular flexibility index (Phi) is 4.90. The first-order chi connectivity index (χ1) is 7.93. The third kappa shape index (κ3) is 3.68. The van der Waals surface area contributed by atoms with Crippen LogP contribution in [0, 0.1) is 5.82 Å². The second-order valence-corrected chi connectivity index (χ2v) is 4.46. The number of halogens is 2. The molecule has 0 aliphatic heterocycles. The number of carbonyl (C=O) groups is 1. The largest absolute Gasteiger partial charge is 0.347 e. The van der Waals surface area contributed by atoms with Crippen LogP contribution < -0.4 is 5.32 Å². The molecular formula is C12H16ClFN2O. The van der Waals surface area contributed by atoms with Gasteiger partial charge in [-0.25, -0.2) is 4.39 Å². The van der Waals surface area contributed by atoms with Gasteiger partial charge in [-0.3, -0.25) is 4.79 Å². The summed E-state index contributed by atoms with van der Waals surface area (Å²) in [6.07, 6.45) is 0. The highest BCUT2D eigenvalue weighted by molar-refractivity contribution is 6.30. The predicted molar refractivity (Wildman–Crippen MR) is 66.4 cm³/mol. The third-order valence-corrected chi connectivity index (χ3v) is 2.73. The van der Waals surface area contributed by atoms with Gasteiger partial charge in [0.2, 0.25) is 5.91 Å². The third-order valence-electron chi connectivity index (χ3n) is 2.44. The van der Waals surface area contributed by atoms with E-state index in [0.29, 0.717) is 5.56 Å². The molecule has 1 aromatic carbocycles. The van der Waals surface area contributed by atoms with E-state index in [1.807, 2.05) is 0 Å². The fourth-order valence-corrected chi connectivity index (χ4v) is 1.62. The lowest BCUT2D eigenvalue weighted by molar-refractivity contribution is -0.130. The first-order valence-corrected chi connectivity index (χ1v) is 5.68. The minimum absolute atomic E-state index is 0.0487. The maximum atomic E-state index is 13.5. The molecule has 0 radical (unpaired) electrons. The average molecular weight is 259 g/mol. The summed E-state index contributed by atoms with van der Waals surface area (Å²) < 4.78 is 13.5. The van der Waals surface area contributed by atoms with Gasteiger partial charge in [0.05, 0.1) is 11.1 Å². The van der Waals surface area contributed by atoms with E-state index in [4.69, 9.17) is 11.6 Å². The van der Waals surface area contributed by atoms with Gasteiger partial charge < -0.3 is 10.2 Å². The fourth-order valence-electron chi connectivity index (χ4n) is 1.42. The minimum Gasteiger partial charge on any atom is -0.347 e. The highest BCUT2D eigenvalue weighted by atomic mass is 35.5. The van der Waals surface area contributed by atoms with Crippen LogP contribution in [0.15, 0.2) is 18.2 Å². The molecule has 0 aliphatic rings. The normalized spacial score (nSPS) is 12.3. The maximum absolute atomic E-state index is 13.5. The number of likely N-dealkylation sites (N-methyl/N-ethyl adjacent to an activating group) is 1. The van der Waals surface area contributed by atoms with Crippen molar-refractivity contribution < 1.29 is 9.18 Å². The van der Waals surface area contributed by atoms with Crippen molar-refractivity contribution in [2.45, 2.75) is 19.5 Å². The molecule has 1 N–H and O–H groups in total. The molecule has 94 valence electrons. The van der Waals surface area contributed by atoms with Crippen molar-refractivity contribution in [1.29, 1.82) is 0 Å². The van der Waals surface area contributed by atoms with Gasteiger partial charge >= 0.3 is 0 Å². The Morgan fingerprint density at radius 2 is 2.18 bits per heavy atom. The molecule has 0 fully saturated rings. The Labute approximate surface area is 106 Å². The van der Waals surface area contributed by atoms with E-state index in [9.17, 15) is 9.18 Å². The Bertz CT molecular complexity index is 409. The predicted octanol–water partition coefficient (Wildman–Crippen LogP) is 2.05. The first-order valence-electron chi connectivity index (χ1n) is 5.31. The zero-order valence-electron chi connectivity index (χ0n) is 10.1. The monoisotopic (exact) mass is 258 g/mol. The van der Waals surface area contributed by atoms with Gasteiger partial charge in [-0.2, -0.15) is 0 Å². The van der Waals surface area contributed by atoms with Crippen LogP contribution in [-0.2, 0) is 11.3 Å². The van der Waals surface area contributed by atoms with Gasteiger partial charge in [0.25, 0.3) is 0 Å². The van der Waals surface area contributed by atoms with Crippen LogP contribution in [0.1, 0.15) is 12.5 Å². The standard InChI is InChI=1S/C12H16ClFN2O/c1-8(12(17)16(2)3)15-7-9-5-4-6-10(13)11(9)14/h4-6,8,15H,7H2,1-3H3. The molecule has 0 saturated carbocycles. The van der Waals surface area contributed by atoms with Crippen molar-refractivity contribution in [2.24, 2.45) is 0 Å². The summed E-state index contributed by atoms with van der Waals surface area (Å²) in [6.45, 7) is 2.01. The van der Waals surface area contributed by atoms with E-state index in [2.05, 4.69) is 5.32 Å². The van der Waals surface area contributed by atoms with Crippen molar-refractivity contribution in [3.63, 3.8) is 0 Å². The Balaban J connectivity index is 2.62. The van der Waals surface area contributed by atoms with Crippen LogP contribution in [0.5, 0.6) is 0 Å². The molecule has 1 aromatic rings. The van der Waals surface area contributed by atoms with Gasteiger partial charge in [-0.15, -0.1) is 0 Å². The van der Waals surface area contributed by atoms with Gasteiger partial charge in [0.15, 0.2) is 0 Å². The second-order valence-electron chi connectivity index (χ2n) is 4.05. The topological polar surface area (TPSA) is 32.3 Å². The zero-order chi connectivity index (χ0) is 13.0. The fraction of sp³-hybridized carbons (Fsp3) is 0.417. The number of carbonyl (C=O) groups excluding carboxylic acids is 1. The van der Waals surface area contributed by atoms with Crippen molar-refractivity contribution >= 4 is 17.5 Å². The van der Waals surface area contributed by atoms with E-state index in [1.165, 1.54) is 11.0 Å². The Morgan fingerprint density at radius 3 is 2.76 bits per heavy atom. The number of rotatable bonds is 4. The van der Waals surface area contributed by atoms with Crippen LogP contribution in [0.25, 0.3) is 0 Å². The van der Waals surface area contributed by atoms with Crippen molar-refractivity contribution in [2.75, 3.05) is 14.1 Å². The van der Waals surface area contributed by atoms with E-state index in [1.54, 1.807) is 33.2 Å². The van der Waals surface area contributed by atoms with Crippen LogP contribution in [0.2, 0.25) is 5.02 Å². The Hall–Kier alpha value is -1.13. The molecule has 0 aromatic heterocycles. The molecule has 0 heterocycles. The van der Waals surface area contributed by atoms with Gasteiger partial charge in [0.1, 0.15) is 5.82 Å². The van der Waals surface area contributed by atoms with Crippen molar-refractivity contribution in [3.8, 4) is 0 Å². The van der Waals surface area contributed by atoms with Gasteiger partial charge in [-0.1, -0.05) is 23.7 Å². The number of hydrogen-bond acceptors (Lipinski definition) is 2. The van der Waals surface area contributed by atoms with Crippen LogP contribution in [0.3, 0.4) is 0 Å². The molecule has 0 bridgehead atoms. The highest BCUT2D eigenvalue weighted by Crippen LogP contribution is 2.17. The van der Waals surface area contributed by atoms with Crippen molar-refractivity contribution in [3.05, 3.63) is 34.6 Å². The summed E-state index contributed by atoms with van der Waals surface area (Å²) >= 11 is 5.66. The molecule has 1 atom stereocenters. The van der Waals surface area contributed by atoms with Gasteiger partial charge in [-0.05, 0) is 13.0 Å². The molecule has 1 amide bonds. The SMILES string of the molecule is CC(NCc1cccc(Cl)c1F)C(=O)N(C)C. The van der Waals surface area contributed by atoms with Crippen LogP contribution in [-0.4, -0.2) is 30.9 Å². The number of nitrogens with one attached hydrogen (secondary N) is 1. The summed E-state index contributed by atoms with van der Waals surface area (Å²) in [5.74, 6) is -0.487. The molecule has 1 rings (SSSR count). The maximum Gasteiger partial charge on any atom is 0.238 e. The lowest BCUT2D eigenvalue weighted by Crippen LogP contribution is -2.41. The van der Waals surface area contributed by atoms with E-state index < -0.39 is 5.82 Å². The van der Waals surface area contributed by atoms with Crippen molar-refractivity contribution in [1.82, 2.24) is 10.2 Å². The number of amides is 1. The zero-order valence-corrected chi connectivity index (χ0v) is 10.9.